The van der Waals surface area contributed by atoms with Gasteiger partial charge in [-0.25, -0.2) is 4.39 Å². The molecule has 4 heteroatoms. The minimum Gasteiger partial charge on any atom is -0.487 e. The number of hydrogen-bond donors (Lipinski definition) is 0. The summed E-state index contributed by atoms with van der Waals surface area (Å²) in [5.41, 5.74) is 2.97. The second kappa shape index (κ2) is 5.18. The summed E-state index contributed by atoms with van der Waals surface area (Å²) in [6, 6.07) is 10.0. The van der Waals surface area contributed by atoms with Crippen LogP contribution in [-0.4, -0.2) is 17.7 Å². The summed E-state index contributed by atoms with van der Waals surface area (Å²) in [6.45, 7) is 1.13. The largest absolute Gasteiger partial charge is 0.487 e. The fourth-order valence-electron chi connectivity index (χ4n) is 2.00. The van der Waals surface area contributed by atoms with Gasteiger partial charge in [-0.2, -0.15) is 0 Å². The standard InChI is InChI=1S/C15H13FN2O/c16-12-2-1-3-14(8-12)19-10-13-5-4-11-9-17-7-6-15(11)18-13/h1-5,8-9H,6-7,10H2. The summed E-state index contributed by atoms with van der Waals surface area (Å²) in [6.07, 6.45) is 2.71. The molecule has 0 aliphatic carbocycles. The Kier molecular flexibility index (Phi) is 3.23. The van der Waals surface area contributed by atoms with Gasteiger partial charge in [0.15, 0.2) is 0 Å². The normalized spacial score (nSPS) is 13.1. The third kappa shape index (κ3) is 2.78. The number of fused-ring (bicyclic) bond motifs is 1. The maximum atomic E-state index is 13.0. The Balaban J connectivity index is 1.72. The van der Waals surface area contributed by atoms with Crippen molar-refractivity contribution in [3.05, 3.63) is 59.2 Å². The first-order chi connectivity index (χ1) is 9.31. The Morgan fingerprint density at radius 3 is 3.05 bits per heavy atom. The molecule has 0 N–H and O–H groups in total. The van der Waals surface area contributed by atoms with Crippen LogP contribution < -0.4 is 4.74 Å². The third-order valence-corrected chi connectivity index (χ3v) is 2.96. The van der Waals surface area contributed by atoms with E-state index in [-0.39, 0.29) is 5.82 Å². The number of halogens is 1. The molecule has 1 aromatic carbocycles. The summed E-state index contributed by atoms with van der Waals surface area (Å²) in [5.74, 6) is 0.216. The fourth-order valence-corrected chi connectivity index (χ4v) is 2.00. The Morgan fingerprint density at radius 1 is 1.21 bits per heavy atom. The predicted molar refractivity (Wildman–Crippen MR) is 71.1 cm³/mol. The van der Waals surface area contributed by atoms with Gasteiger partial charge in [0.2, 0.25) is 0 Å². The highest BCUT2D eigenvalue weighted by Gasteiger charge is 2.08. The van der Waals surface area contributed by atoms with Gasteiger partial charge in [0.25, 0.3) is 0 Å². The van der Waals surface area contributed by atoms with Crippen molar-refractivity contribution in [2.24, 2.45) is 4.99 Å². The van der Waals surface area contributed by atoms with Crippen molar-refractivity contribution < 1.29 is 9.13 Å². The van der Waals surface area contributed by atoms with E-state index >= 15 is 0 Å². The molecule has 3 rings (SSSR count). The molecule has 0 unspecified atom stereocenters. The molecule has 0 bridgehead atoms. The average Bonchev–Trinajstić information content (AvgIpc) is 2.45. The van der Waals surface area contributed by atoms with Crippen LogP contribution in [0.25, 0.3) is 0 Å². The molecular weight excluding hydrogens is 243 g/mol. The lowest BCUT2D eigenvalue weighted by Crippen LogP contribution is -2.08. The van der Waals surface area contributed by atoms with Crippen LogP contribution in [0.5, 0.6) is 5.75 Å². The lowest BCUT2D eigenvalue weighted by molar-refractivity contribution is 0.299. The van der Waals surface area contributed by atoms with Crippen LogP contribution in [0.4, 0.5) is 4.39 Å². The lowest BCUT2D eigenvalue weighted by atomic mass is 10.1. The minimum atomic E-state index is -0.299. The number of rotatable bonds is 3. The summed E-state index contributed by atoms with van der Waals surface area (Å²) in [4.78, 5) is 8.75. The number of benzene rings is 1. The third-order valence-electron chi connectivity index (χ3n) is 2.96. The van der Waals surface area contributed by atoms with E-state index in [4.69, 9.17) is 4.74 Å². The first-order valence-electron chi connectivity index (χ1n) is 6.18. The maximum Gasteiger partial charge on any atom is 0.130 e. The summed E-state index contributed by atoms with van der Waals surface area (Å²) in [7, 11) is 0. The Labute approximate surface area is 110 Å². The summed E-state index contributed by atoms with van der Waals surface area (Å²) in [5, 5.41) is 0. The van der Waals surface area contributed by atoms with E-state index < -0.39 is 0 Å². The van der Waals surface area contributed by atoms with Crippen LogP contribution in [0.15, 0.2) is 41.4 Å². The molecule has 0 saturated carbocycles. The highest BCUT2D eigenvalue weighted by Crippen LogP contribution is 2.15. The molecular formula is C15H13FN2O. The molecule has 1 aromatic heterocycles. The van der Waals surface area contributed by atoms with Crippen LogP contribution in [0.1, 0.15) is 17.0 Å². The zero-order valence-electron chi connectivity index (χ0n) is 10.3. The lowest BCUT2D eigenvalue weighted by Gasteiger charge is -2.11. The van der Waals surface area contributed by atoms with Gasteiger partial charge in [0.1, 0.15) is 18.2 Å². The molecule has 0 saturated heterocycles. The Bertz CT molecular complexity index is 625. The second-order valence-corrected chi connectivity index (χ2v) is 4.37. The van der Waals surface area contributed by atoms with Crippen molar-refractivity contribution in [1.82, 2.24) is 4.98 Å². The van der Waals surface area contributed by atoms with Crippen molar-refractivity contribution in [3.63, 3.8) is 0 Å². The molecule has 19 heavy (non-hydrogen) atoms. The molecule has 2 aromatic rings. The molecule has 2 heterocycles. The van der Waals surface area contributed by atoms with Crippen LogP contribution in [0.2, 0.25) is 0 Å². The summed E-state index contributed by atoms with van der Waals surface area (Å²) >= 11 is 0. The van der Waals surface area contributed by atoms with Gasteiger partial charge in [0.05, 0.1) is 11.4 Å². The van der Waals surface area contributed by atoms with E-state index in [0.717, 1.165) is 29.9 Å². The second-order valence-electron chi connectivity index (χ2n) is 4.37. The fraction of sp³-hybridized carbons (Fsp3) is 0.200. The topological polar surface area (TPSA) is 34.5 Å². The molecule has 0 radical (unpaired) electrons. The average molecular weight is 256 g/mol. The number of ether oxygens (including phenoxy) is 1. The van der Waals surface area contributed by atoms with E-state index in [1.807, 2.05) is 18.3 Å². The molecule has 0 spiro atoms. The zero-order valence-corrected chi connectivity index (χ0v) is 10.3. The number of hydrogen-bond acceptors (Lipinski definition) is 3. The Morgan fingerprint density at radius 2 is 2.16 bits per heavy atom. The first kappa shape index (κ1) is 11.8. The van der Waals surface area contributed by atoms with E-state index in [1.54, 1.807) is 12.1 Å². The number of aromatic nitrogens is 1. The van der Waals surface area contributed by atoms with E-state index in [2.05, 4.69) is 9.98 Å². The minimum absolute atomic E-state index is 0.299. The van der Waals surface area contributed by atoms with Crippen LogP contribution >= 0.6 is 0 Å². The van der Waals surface area contributed by atoms with Gasteiger partial charge >= 0.3 is 0 Å². The van der Waals surface area contributed by atoms with Crippen LogP contribution in [-0.2, 0) is 13.0 Å². The first-order valence-corrected chi connectivity index (χ1v) is 6.18. The highest BCUT2D eigenvalue weighted by molar-refractivity contribution is 5.82. The Hall–Kier alpha value is -2.23. The van der Waals surface area contributed by atoms with Crippen LogP contribution in [0.3, 0.4) is 0 Å². The summed E-state index contributed by atoms with van der Waals surface area (Å²) < 4.78 is 18.5. The van der Waals surface area contributed by atoms with Crippen molar-refractivity contribution in [3.8, 4) is 5.75 Å². The van der Waals surface area contributed by atoms with Gasteiger partial charge in [-0.1, -0.05) is 6.07 Å². The maximum absolute atomic E-state index is 13.0. The van der Waals surface area contributed by atoms with Crippen LogP contribution in [0, 0.1) is 5.82 Å². The molecule has 1 aliphatic heterocycles. The van der Waals surface area contributed by atoms with Gasteiger partial charge in [-0.05, 0) is 24.3 Å². The predicted octanol–water partition coefficient (Wildman–Crippen LogP) is 2.77. The smallest absolute Gasteiger partial charge is 0.130 e. The SMILES string of the molecule is Fc1cccc(OCc2ccc3c(n2)CCN=C3)c1. The van der Waals surface area contributed by atoms with Gasteiger partial charge in [0, 0.05) is 30.8 Å². The number of pyridine rings is 1. The molecule has 3 nitrogen and oxygen atoms in total. The molecule has 0 amide bonds. The van der Waals surface area contributed by atoms with E-state index in [9.17, 15) is 4.39 Å². The quantitative estimate of drug-likeness (QED) is 0.846. The molecule has 0 fully saturated rings. The molecule has 96 valence electrons. The number of aliphatic imine (C=N–C) groups is 1. The monoisotopic (exact) mass is 256 g/mol. The van der Waals surface area contributed by atoms with Gasteiger partial charge < -0.3 is 4.74 Å². The van der Waals surface area contributed by atoms with E-state index in [0.29, 0.717) is 12.4 Å². The van der Waals surface area contributed by atoms with Crippen molar-refractivity contribution in [2.75, 3.05) is 6.54 Å². The van der Waals surface area contributed by atoms with Gasteiger partial charge in [-0.15, -0.1) is 0 Å². The van der Waals surface area contributed by atoms with Crippen molar-refractivity contribution in [2.45, 2.75) is 13.0 Å². The van der Waals surface area contributed by atoms with Crippen molar-refractivity contribution >= 4 is 6.21 Å². The highest BCUT2D eigenvalue weighted by atomic mass is 19.1. The van der Waals surface area contributed by atoms with E-state index in [1.165, 1.54) is 12.1 Å². The number of nitrogens with zero attached hydrogens (tertiary/aromatic N) is 2. The molecule has 0 atom stereocenters. The molecule has 1 aliphatic rings. The van der Waals surface area contributed by atoms with Gasteiger partial charge in [-0.3, -0.25) is 9.98 Å². The van der Waals surface area contributed by atoms with Crippen molar-refractivity contribution in [1.29, 1.82) is 0 Å². The zero-order chi connectivity index (χ0) is 13.1.